The fraction of sp³-hybridized carbons (Fsp3) is 0.368. The number of carbonyl (C=O) groups excluding carboxylic acids is 1. The van der Waals surface area contributed by atoms with Gasteiger partial charge in [0, 0.05) is 38.2 Å². The molecule has 0 aliphatic carbocycles. The van der Waals surface area contributed by atoms with Crippen LogP contribution in [0.5, 0.6) is 0 Å². The molecule has 0 radical (unpaired) electrons. The molecule has 4 nitrogen and oxygen atoms in total. The smallest absolute Gasteiger partial charge is 0.262 e. The normalized spacial score (nSPS) is 16.0. The SMILES string of the molecule is CCC(C)c1cccc(N2CCN(C)c3ccncc3C2=O)c1. The van der Waals surface area contributed by atoms with Crippen LogP contribution in [-0.4, -0.2) is 31.0 Å². The number of pyridine rings is 1. The average Bonchev–Trinajstić information content (AvgIpc) is 2.72. The Labute approximate surface area is 137 Å². The van der Waals surface area contributed by atoms with Crippen LogP contribution in [0.25, 0.3) is 0 Å². The Morgan fingerprint density at radius 1 is 1.26 bits per heavy atom. The molecule has 1 amide bonds. The average molecular weight is 309 g/mol. The second-order valence-electron chi connectivity index (χ2n) is 6.18. The van der Waals surface area contributed by atoms with Crippen molar-refractivity contribution in [1.82, 2.24) is 4.98 Å². The van der Waals surface area contributed by atoms with Gasteiger partial charge in [-0.1, -0.05) is 26.0 Å². The van der Waals surface area contributed by atoms with E-state index in [1.165, 1.54) is 5.56 Å². The van der Waals surface area contributed by atoms with Gasteiger partial charge in [-0.25, -0.2) is 0 Å². The molecule has 1 atom stereocenters. The number of hydrogen-bond donors (Lipinski definition) is 0. The highest BCUT2D eigenvalue weighted by atomic mass is 16.2. The first-order valence-corrected chi connectivity index (χ1v) is 8.18. The van der Waals surface area contributed by atoms with E-state index in [2.05, 4.69) is 35.9 Å². The third-order valence-corrected chi connectivity index (χ3v) is 4.71. The van der Waals surface area contributed by atoms with E-state index in [1.807, 2.05) is 30.1 Å². The number of fused-ring (bicyclic) bond motifs is 1. The number of rotatable bonds is 3. The van der Waals surface area contributed by atoms with E-state index in [0.29, 0.717) is 18.0 Å². The van der Waals surface area contributed by atoms with Crippen LogP contribution >= 0.6 is 0 Å². The fourth-order valence-electron chi connectivity index (χ4n) is 2.98. The molecule has 0 N–H and O–H groups in total. The van der Waals surface area contributed by atoms with Crippen molar-refractivity contribution in [2.45, 2.75) is 26.2 Å². The van der Waals surface area contributed by atoms with E-state index < -0.39 is 0 Å². The monoisotopic (exact) mass is 309 g/mol. The van der Waals surface area contributed by atoms with Crippen molar-refractivity contribution in [3.8, 4) is 0 Å². The van der Waals surface area contributed by atoms with E-state index >= 15 is 0 Å². The van der Waals surface area contributed by atoms with Crippen LogP contribution in [0, 0.1) is 0 Å². The predicted octanol–water partition coefficient (Wildman–Crippen LogP) is 3.69. The van der Waals surface area contributed by atoms with Gasteiger partial charge in [0.1, 0.15) is 0 Å². The number of nitrogens with zero attached hydrogens (tertiary/aromatic N) is 3. The molecular weight excluding hydrogens is 286 g/mol. The summed E-state index contributed by atoms with van der Waals surface area (Å²) >= 11 is 0. The molecular formula is C19H23N3O. The summed E-state index contributed by atoms with van der Waals surface area (Å²) in [7, 11) is 2.02. The first-order valence-electron chi connectivity index (χ1n) is 8.18. The summed E-state index contributed by atoms with van der Waals surface area (Å²) in [5.74, 6) is 0.521. The Morgan fingerprint density at radius 2 is 2.09 bits per heavy atom. The van der Waals surface area contributed by atoms with Crippen molar-refractivity contribution in [3.63, 3.8) is 0 Å². The van der Waals surface area contributed by atoms with Crippen molar-refractivity contribution in [2.75, 3.05) is 29.9 Å². The van der Waals surface area contributed by atoms with E-state index in [-0.39, 0.29) is 5.91 Å². The fourth-order valence-corrected chi connectivity index (χ4v) is 2.98. The molecule has 23 heavy (non-hydrogen) atoms. The Morgan fingerprint density at radius 3 is 2.87 bits per heavy atom. The van der Waals surface area contributed by atoms with Gasteiger partial charge in [-0.3, -0.25) is 9.78 Å². The summed E-state index contributed by atoms with van der Waals surface area (Å²) < 4.78 is 0. The summed E-state index contributed by atoms with van der Waals surface area (Å²) in [5.41, 5.74) is 3.87. The molecule has 3 rings (SSSR count). The van der Waals surface area contributed by atoms with Gasteiger partial charge < -0.3 is 9.80 Å². The van der Waals surface area contributed by atoms with Crippen LogP contribution in [0.1, 0.15) is 42.1 Å². The number of amides is 1. The Hall–Kier alpha value is -2.36. The zero-order valence-corrected chi connectivity index (χ0v) is 14.0. The predicted molar refractivity (Wildman–Crippen MR) is 94.3 cm³/mol. The van der Waals surface area contributed by atoms with Gasteiger partial charge in [-0.15, -0.1) is 0 Å². The number of anilines is 2. The maximum Gasteiger partial charge on any atom is 0.262 e. The quantitative estimate of drug-likeness (QED) is 0.867. The van der Waals surface area contributed by atoms with Crippen molar-refractivity contribution in [3.05, 3.63) is 53.9 Å². The third kappa shape index (κ3) is 2.93. The molecule has 1 aromatic carbocycles. The van der Waals surface area contributed by atoms with Crippen molar-refractivity contribution < 1.29 is 4.79 Å². The maximum absolute atomic E-state index is 13.0. The second-order valence-corrected chi connectivity index (χ2v) is 6.18. The minimum absolute atomic E-state index is 0.0266. The first-order chi connectivity index (χ1) is 11.1. The van der Waals surface area contributed by atoms with Crippen LogP contribution in [0.2, 0.25) is 0 Å². The largest absolute Gasteiger partial charge is 0.372 e. The van der Waals surface area contributed by atoms with Gasteiger partial charge in [0.15, 0.2) is 0 Å². The second kappa shape index (κ2) is 6.41. The lowest BCUT2D eigenvalue weighted by Gasteiger charge is -2.22. The van der Waals surface area contributed by atoms with Crippen LogP contribution in [-0.2, 0) is 0 Å². The number of aromatic nitrogens is 1. The van der Waals surface area contributed by atoms with Crippen LogP contribution in [0.4, 0.5) is 11.4 Å². The van der Waals surface area contributed by atoms with Gasteiger partial charge in [-0.05, 0) is 36.1 Å². The van der Waals surface area contributed by atoms with Crippen LogP contribution in [0.3, 0.4) is 0 Å². The highest BCUT2D eigenvalue weighted by molar-refractivity contribution is 6.10. The van der Waals surface area contributed by atoms with Crippen molar-refractivity contribution in [1.29, 1.82) is 0 Å². The summed E-state index contributed by atoms with van der Waals surface area (Å²) in [6, 6.07) is 10.3. The Balaban J connectivity index is 2.00. The van der Waals surface area contributed by atoms with E-state index in [0.717, 1.165) is 24.3 Å². The molecule has 0 saturated carbocycles. The van der Waals surface area contributed by atoms with Gasteiger partial charge in [0.05, 0.1) is 11.3 Å². The zero-order valence-electron chi connectivity index (χ0n) is 14.0. The molecule has 0 bridgehead atoms. The summed E-state index contributed by atoms with van der Waals surface area (Å²) in [6.07, 6.45) is 4.50. The van der Waals surface area contributed by atoms with Gasteiger partial charge in [0.25, 0.3) is 5.91 Å². The molecule has 0 spiro atoms. The lowest BCUT2D eigenvalue weighted by atomic mass is 9.98. The lowest BCUT2D eigenvalue weighted by Crippen LogP contribution is -2.33. The van der Waals surface area contributed by atoms with Crippen molar-refractivity contribution in [2.24, 2.45) is 0 Å². The molecule has 2 aromatic rings. The molecule has 0 fully saturated rings. The highest BCUT2D eigenvalue weighted by Crippen LogP contribution is 2.28. The topological polar surface area (TPSA) is 36.4 Å². The zero-order chi connectivity index (χ0) is 16.4. The minimum Gasteiger partial charge on any atom is -0.372 e. The number of benzene rings is 1. The van der Waals surface area contributed by atoms with Gasteiger partial charge in [-0.2, -0.15) is 0 Å². The van der Waals surface area contributed by atoms with E-state index in [4.69, 9.17) is 0 Å². The maximum atomic E-state index is 13.0. The number of hydrogen-bond acceptors (Lipinski definition) is 3. The summed E-state index contributed by atoms with van der Waals surface area (Å²) in [6.45, 7) is 5.88. The molecule has 1 aliphatic heterocycles. The molecule has 1 aliphatic rings. The standard InChI is InChI=1S/C19H23N3O/c1-4-14(2)15-6-5-7-16(12-15)22-11-10-21(3)18-8-9-20-13-17(18)19(22)23/h5-9,12-14H,4,10-11H2,1-3H3. The molecule has 4 heteroatoms. The number of carbonyl (C=O) groups is 1. The molecule has 0 saturated heterocycles. The Kier molecular flexibility index (Phi) is 4.33. The van der Waals surface area contributed by atoms with E-state index in [9.17, 15) is 4.79 Å². The summed E-state index contributed by atoms with van der Waals surface area (Å²) in [5, 5.41) is 0. The molecule has 1 unspecified atom stereocenters. The third-order valence-electron chi connectivity index (χ3n) is 4.71. The minimum atomic E-state index is 0.0266. The number of likely N-dealkylation sites (N-methyl/N-ethyl adjacent to an activating group) is 1. The van der Waals surface area contributed by atoms with Crippen LogP contribution < -0.4 is 9.80 Å². The van der Waals surface area contributed by atoms with Crippen molar-refractivity contribution >= 4 is 17.3 Å². The van der Waals surface area contributed by atoms with Gasteiger partial charge in [0.2, 0.25) is 0 Å². The first kappa shape index (κ1) is 15.5. The summed E-state index contributed by atoms with van der Waals surface area (Å²) in [4.78, 5) is 21.1. The molecule has 2 heterocycles. The molecule has 120 valence electrons. The lowest BCUT2D eigenvalue weighted by molar-refractivity contribution is 0.0990. The van der Waals surface area contributed by atoms with Crippen LogP contribution in [0.15, 0.2) is 42.7 Å². The van der Waals surface area contributed by atoms with E-state index in [1.54, 1.807) is 12.4 Å². The Bertz CT molecular complexity index is 713. The van der Waals surface area contributed by atoms with Gasteiger partial charge >= 0.3 is 0 Å². The molecule has 1 aromatic heterocycles. The highest BCUT2D eigenvalue weighted by Gasteiger charge is 2.26.